The van der Waals surface area contributed by atoms with Crippen LogP contribution in [0.5, 0.6) is 0 Å². The number of aliphatic hydroxyl groups is 1. The molecule has 104 valence electrons. The molecule has 1 aromatic carbocycles. The van der Waals surface area contributed by atoms with Crippen LogP contribution in [0.3, 0.4) is 0 Å². The number of aliphatic hydroxyl groups excluding tert-OH is 1. The van der Waals surface area contributed by atoms with E-state index in [1.807, 2.05) is 6.07 Å². The van der Waals surface area contributed by atoms with Crippen LogP contribution in [0.2, 0.25) is 0 Å². The second-order valence-corrected chi connectivity index (χ2v) is 6.20. The summed E-state index contributed by atoms with van der Waals surface area (Å²) in [6.45, 7) is 0. The molecule has 20 heavy (non-hydrogen) atoms. The van der Waals surface area contributed by atoms with Crippen LogP contribution in [0.15, 0.2) is 36.4 Å². The largest absolute Gasteiger partial charge is 0.391 e. The lowest BCUT2D eigenvalue weighted by molar-refractivity contribution is 0.00169. The second kappa shape index (κ2) is 5.42. The lowest BCUT2D eigenvalue weighted by Gasteiger charge is -2.40. The van der Waals surface area contributed by atoms with Gasteiger partial charge in [0.25, 0.3) is 0 Å². The van der Waals surface area contributed by atoms with E-state index in [-0.39, 0.29) is 5.92 Å². The third-order valence-corrected chi connectivity index (χ3v) is 5.01. The number of allylic oxidation sites excluding steroid dienone is 2. The van der Waals surface area contributed by atoms with Crippen molar-refractivity contribution in [1.29, 1.82) is 5.26 Å². The zero-order chi connectivity index (χ0) is 14.0. The average molecular weight is 267 g/mol. The lowest BCUT2D eigenvalue weighted by atomic mass is 9.65. The molecule has 3 atom stereocenters. The van der Waals surface area contributed by atoms with E-state index < -0.39 is 11.5 Å². The third-order valence-electron chi connectivity index (χ3n) is 5.01. The fourth-order valence-corrected chi connectivity index (χ4v) is 3.73. The van der Waals surface area contributed by atoms with Crippen LogP contribution < -0.4 is 0 Å². The number of hydrogen-bond donors (Lipinski definition) is 1. The predicted molar refractivity (Wildman–Crippen MR) is 79.0 cm³/mol. The summed E-state index contributed by atoms with van der Waals surface area (Å²) in [5, 5.41) is 20.6. The van der Waals surface area contributed by atoms with E-state index in [9.17, 15) is 10.4 Å². The highest BCUT2D eigenvalue weighted by Gasteiger charge is 2.44. The minimum atomic E-state index is -0.593. The molecule has 2 heteroatoms. The minimum absolute atomic E-state index is 0.241. The molecular formula is C18H21NO. The predicted octanol–water partition coefficient (Wildman–Crippen LogP) is 3.40. The van der Waals surface area contributed by atoms with Gasteiger partial charge in [-0.2, -0.15) is 5.26 Å². The van der Waals surface area contributed by atoms with Gasteiger partial charge in [-0.15, -0.1) is 0 Å². The molecule has 0 amide bonds. The number of fused-ring (bicyclic) bond motifs is 1. The summed E-state index contributed by atoms with van der Waals surface area (Å²) in [7, 11) is 0. The van der Waals surface area contributed by atoms with Crippen molar-refractivity contribution in [1.82, 2.24) is 0 Å². The monoisotopic (exact) mass is 267 g/mol. The molecule has 0 radical (unpaired) electrons. The molecule has 0 saturated carbocycles. The Kier molecular flexibility index (Phi) is 3.63. The van der Waals surface area contributed by atoms with Crippen LogP contribution in [0, 0.1) is 22.7 Å². The lowest BCUT2D eigenvalue weighted by Crippen LogP contribution is -2.43. The number of benzene rings is 1. The second-order valence-electron chi connectivity index (χ2n) is 6.20. The van der Waals surface area contributed by atoms with Gasteiger partial charge in [0.1, 0.15) is 0 Å². The fraction of sp³-hybridized carbons (Fsp3) is 0.500. The highest BCUT2D eigenvalue weighted by Crippen LogP contribution is 2.42. The molecule has 0 aromatic heterocycles. The molecule has 1 aromatic rings. The first-order valence-corrected chi connectivity index (χ1v) is 7.56. The van der Waals surface area contributed by atoms with Gasteiger partial charge >= 0.3 is 0 Å². The number of nitriles is 1. The first-order valence-electron chi connectivity index (χ1n) is 7.56. The van der Waals surface area contributed by atoms with Crippen LogP contribution in [0.4, 0.5) is 0 Å². The van der Waals surface area contributed by atoms with Crippen molar-refractivity contribution >= 4 is 0 Å². The van der Waals surface area contributed by atoms with Crippen LogP contribution in [-0.2, 0) is 12.8 Å². The molecule has 0 aliphatic heterocycles. The van der Waals surface area contributed by atoms with Gasteiger partial charge in [-0.25, -0.2) is 0 Å². The van der Waals surface area contributed by atoms with Crippen LogP contribution in [0.25, 0.3) is 0 Å². The molecule has 0 bridgehead atoms. The smallest absolute Gasteiger partial charge is 0.0878 e. The maximum Gasteiger partial charge on any atom is 0.0878 e. The van der Waals surface area contributed by atoms with E-state index in [2.05, 4.69) is 36.4 Å². The van der Waals surface area contributed by atoms with Crippen molar-refractivity contribution < 1.29 is 5.11 Å². The van der Waals surface area contributed by atoms with Gasteiger partial charge in [0, 0.05) is 0 Å². The zero-order valence-electron chi connectivity index (χ0n) is 11.8. The zero-order valence-corrected chi connectivity index (χ0v) is 11.8. The Morgan fingerprint density at radius 1 is 1.25 bits per heavy atom. The molecular weight excluding hydrogens is 246 g/mol. The highest BCUT2D eigenvalue weighted by atomic mass is 16.3. The molecule has 0 saturated heterocycles. The SMILES string of the molecule is N#CC1(C(O)C2CC=CCC2)CCc2ccccc2C1. The summed E-state index contributed by atoms with van der Waals surface area (Å²) < 4.78 is 0. The van der Waals surface area contributed by atoms with Gasteiger partial charge in [0.2, 0.25) is 0 Å². The molecule has 3 unspecified atom stereocenters. The Morgan fingerprint density at radius 3 is 2.75 bits per heavy atom. The van der Waals surface area contributed by atoms with Crippen molar-refractivity contribution in [2.75, 3.05) is 0 Å². The van der Waals surface area contributed by atoms with Crippen molar-refractivity contribution in [3.63, 3.8) is 0 Å². The van der Waals surface area contributed by atoms with E-state index in [1.165, 1.54) is 11.1 Å². The maximum atomic E-state index is 10.8. The Morgan fingerprint density at radius 2 is 2.05 bits per heavy atom. The van der Waals surface area contributed by atoms with E-state index in [0.717, 1.165) is 32.1 Å². The van der Waals surface area contributed by atoms with Gasteiger partial charge in [0.05, 0.1) is 17.6 Å². The highest BCUT2D eigenvalue weighted by molar-refractivity contribution is 5.33. The van der Waals surface area contributed by atoms with Crippen molar-refractivity contribution in [2.24, 2.45) is 11.3 Å². The number of rotatable bonds is 2. The van der Waals surface area contributed by atoms with Gasteiger partial charge < -0.3 is 5.11 Å². The first kappa shape index (κ1) is 13.4. The van der Waals surface area contributed by atoms with Crippen molar-refractivity contribution in [3.05, 3.63) is 47.5 Å². The first-order chi connectivity index (χ1) is 9.75. The molecule has 1 N–H and O–H groups in total. The molecule has 3 rings (SSSR count). The quantitative estimate of drug-likeness (QED) is 0.835. The van der Waals surface area contributed by atoms with E-state index in [0.29, 0.717) is 6.42 Å². The average Bonchev–Trinajstić information content (AvgIpc) is 2.54. The Bertz CT molecular complexity index is 557. The number of hydrogen-bond acceptors (Lipinski definition) is 2. The summed E-state index contributed by atoms with van der Waals surface area (Å²) >= 11 is 0. The van der Waals surface area contributed by atoms with Gasteiger partial charge in [-0.1, -0.05) is 36.4 Å². The van der Waals surface area contributed by atoms with E-state index >= 15 is 0 Å². The molecule has 2 aliphatic carbocycles. The normalized spacial score (nSPS) is 30.3. The molecule has 0 fully saturated rings. The van der Waals surface area contributed by atoms with Gasteiger partial charge in [-0.3, -0.25) is 0 Å². The number of aryl methyl sites for hydroxylation is 1. The van der Waals surface area contributed by atoms with Gasteiger partial charge in [-0.05, 0) is 55.6 Å². The summed E-state index contributed by atoms with van der Waals surface area (Å²) in [5.74, 6) is 0.241. The third kappa shape index (κ3) is 2.27. The van der Waals surface area contributed by atoms with Crippen molar-refractivity contribution in [3.8, 4) is 6.07 Å². The summed E-state index contributed by atoms with van der Waals surface area (Å²) in [6, 6.07) is 10.8. The molecule has 0 spiro atoms. The Balaban J connectivity index is 1.86. The summed E-state index contributed by atoms with van der Waals surface area (Å²) in [5.41, 5.74) is 1.99. The van der Waals surface area contributed by atoms with Crippen molar-refractivity contribution in [2.45, 2.75) is 44.6 Å². The maximum absolute atomic E-state index is 10.8. The fourth-order valence-electron chi connectivity index (χ4n) is 3.73. The Labute approximate surface area is 120 Å². The number of nitrogens with zero attached hydrogens (tertiary/aromatic N) is 1. The molecule has 2 nitrogen and oxygen atoms in total. The van der Waals surface area contributed by atoms with Gasteiger partial charge in [0.15, 0.2) is 0 Å². The van der Waals surface area contributed by atoms with Crippen LogP contribution in [-0.4, -0.2) is 11.2 Å². The topological polar surface area (TPSA) is 44.0 Å². The summed E-state index contributed by atoms with van der Waals surface area (Å²) in [4.78, 5) is 0. The van der Waals surface area contributed by atoms with Crippen LogP contribution in [0.1, 0.15) is 36.8 Å². The minimum Gasteiger partial charge on any atom is -0.391 e. The van der Waals surface area contributed by atoms with E-state index in [1.54, 1.807) is 0 Å². The molecule has 2 aliphatic rings. The molecule has 0 heterocycles. The Hall–Kier alpha value is -1.59. The summed E-state index contributed by atoms with van der Waals surface area (Å²) in [6.07, 6.45) is 9.14. The standard InChI is InChI=1S/C18H21NO/c19-13-18(17(20)15-7-2-1-3-8-15)11-10-14-6-4-5-9-16(14)12-18/h1-2,4-6,9,15,17,20H,3,7-8,10-12H2. The van der Waals surface area contributed by atoms with E-state index in [4.69, 9.17) is 0 Å². The van der Waals surface area contributed by atoms with Crippen LogP contribution >= 0.6 is 0 Å².